The maximum atomic E-state index is 11.8. The van der Waals surface area contributed by atoms with Crippen molar-refractivity contribution in [1.82, 2.24) is 0 Å². The summed E-state index contributed by atoms with van der Waals surface area (Å²) >= 11 is 0. The van der Waals surface area contributed by atoms with E-state index in [2.05, 4.69) is 84.5 Å². The van der Waals surface area contributed by atoms with Gasteiger partial charge in [-0.1, -0.05) is 90.6 Å². The molecule has 0 radical (unpaired) electrons. The SMILES string of the molecule is C=C(C(=O)O)c1ccc2c3cc(C(C)(C)C)cc4cc(C(C)(C)C)cc(c5cccc1c52)c43. The highest BCUT2D eigenvalue weighted by molar-refractivity contribution is 6.35. The Hall–Kier alpha value is -3.39. The van der Waals surface area contributed by atoms with Gasteiger partial charge in [0.2, 0.25) is 0 Å². The molecule has 0 fully saturated rings. The fourth-order valence-corrected chi connectivity index (χ4v) is 5.04. The lowest BCUT2D eigenvalue weighted by Gasteiger charge is -2.25. The molecule has 0 bridgehead atoms. The van der Waals surface area contributed by atoms with Gasteiger partial charge in [0.15, 0.2) is 0 Å². The zero-order valence-electron chi connectivity index (χ0n) is 20.3. The Morgan fingerprint density at radius 2 is 1.21 bits per heavy atom. The molecule has 0 aliphatic rings. The molecule has 5 aromatic carbocycles. The molecular weight excluding hydrogens is 404 g/mol. The van der Waals surface area contributed by atoms with Crippen LogP contribution in [-0.2, 0) is 15.6 Å². The number of aliphatic carboxylic acids is 1. The van der Waals surface area contributed by atoms with Crippen LogP contribution in [0.2, 0.25) is 0 Å². The highest BCUT2D eigenvalue weighted by atomic mass is 16.4. The lowest BCUT2D eigenvalue weighted by atomic mass is 9.79. The first-order valence-corrected chi connectivity index (χ1v) is 11.5. The third-order valence-electron chi connectivity index (χ3n) is 6.99. The summed E-state index contributed by atoms with van der Waals surface area (Å²) in [4.78, 5) is 11.8. The number of benzene rings is 5. The summed E-state index contributed by atoms with van der Waals surface area (Å²) in [6.07, 6.45) is 0. The van der Waals surface area contributed by atoms with Crippen LogP contribution >= 0.6 is 0 Å². The summed E-state index contributed by atoms with van der Waals surface area (Å²) < 4.78 is 0. The van der Waals surface area contributed by atoms with Crippen LogP contribution in [0.5, 0.6) is 0 Å². The van der Waals surface area contributed by atoms with Gasteiger partial charge in [0, 0.05) is 0 Å². The van der Waals surface area contributed by atoms with Gasteiger partial charge in [0.25, 0.3) is 0 Å². The number of hydrogen-bond acceptors (Lipinski definition) is 1. The first-order valence-electron chi connectivity index (χ1n) is 11.5. The van der Waals surface area contributed by atoms with Crippen molar-refractivity contribution >= 4 is 54.6 Å². The number of carboxylic acids is 1. The molecule has 0 saturated heterocycles. The van der Waals surface area contributed by atoms with Crippen molar-refractivity contribution in [3.05, 3.63) is 77.9 Å². The maximum Gasteiger partial charge on any atom is 0.335 e. The number of rotatable bonds is 2. The molecule has 0 heterocycles. The van der Waals surface area contributed by atoms with Crippen LogP contribution in [0, 0.1) is 0 Å². The van der Waals surface area contributed by atoms with E-state index >= 15 is 0 Å². The van der Waals surface area contributed by atoms with E-state index in [1.807, 2.05) is 18.2 Å². The molecule has 1 N–H and O–H groups in total. The molecule has 2 nitrogen and oxygen atoms in total. The third-order valence-corrected chi connectivity index (χ3v) is 6.99. The number of carbonyl (C=O) groups is 1. The summed E-state index contributed by atoms with van der Waals surface area (Å²) in [6.45, 7) is 17.4. The van der Waals surface area contributed by atoms with Crippen molar-refractivity contribution in [3.63, 3.8) is 0 Å². The second-order valence-corrected chi connectivity index (χ2v) is 11.3. The van der Waals surface area contributed by atoms with Gasteiger partial charge < -0.3 is 5.11 Å². The smallest absolute Gasteiger partial charge is 0.335 e. The van der Waals surface area contributed by atoms with E-state index in [0.29, 0.717) is 5.56 Å². The van der Waals surface area contributed by atoms with Gasteiger partial charge in [-0.05, 0) is 82.7 Å². The quantitative estimate of drug-likeness (QED) is 0.172. The van der Waals surface area contributed by atoms with Gasteiger partial charge in [-0.3, -0.25) is 0 Å². The summed E-state index contributed by atoms with van der Waals surface area (Å²) in [5.41, 5.74) is 3.43. The Labute approximate surface area is 194 Å². The van der Waals surface area contributed by atoms with Crippen LogP contribution in [0.1, 0.15) is 58.2 Å². The molecule has 0 aliphatic carbocycles. The predicted octanol–water partition coefficient (Wildman–Crippen LogP) is 8.43. The van der Waals surface area contributed by atoms with Crippen molar-refractivity contribution in [3.8, 4) is 0 Å². The highest BCUT2D eigenvalue weighted by Gasteiger charge is 2.23. The Morgan fingerprint density at radius 3 is 1.73 bits per heavy atom. The molecule has 5 rings (SSSR count). The second kappa shape index (κ2) is 6.81. The molecule has 0 unspecified atom stereocenters. The van der Waals surface area contributed by atoms with Crippen molar-refractivity contribution in [2.24, 2.45) is 0 Å². The summed E-state index contributed by atoms with van der Waals surface area (Å²) in [6, 6.07) is 19.6. The average molecular weight is 435 g/mol. The molecule has 0 spiro atoms. The molecule has 0 aromatic heterocycles. The standard InChI is InChI=1S/C31H30O2/c1-17(29(32)33)21-11-12-24-26-16-20(31(5,6)7)14-18-13-19(30(2,3)4)15-25(27(18)26)23-10-8-9-22(21)28(23)24/h8-16H,1H2,2-7H3,(H,32,33). The normalized spacial score (nSPS) is 12.9. The molecule has 0 saturated carbocycles. The van der Waals surface area contributed by atoms with Crippen LogP contribution < -0.4 is 0 Å². The topological polar surface area (TPSA) is 37.3 Å². The number of hydrogen-bond donors (Lipinski definition) is 1. The van der Waals surface area contributed by atoms with Gasteiger partial charge >= 0.3 is 5.97 Å². The van der Waals surface area contributed by atoms with E-state index in [-0.39, 0.29) is 16.4 Å². The molecule has 33 heavy (non-hydrogen) atoms. The van der Waals surface area contributed by atoms with Crippen LogP contribution in [0.15, 0.2) is 61.2 Å². The first-order chi connectivity index (χ1) is 15.4. The van der Waals surface area contributed by atoms with E-state index in [9.17, 15) is 9.90 Å². The number of fused-ring (bicyclic) bond motifs is 2. The molecule has 2 heteroatoms. The molecule has 0 amide bonds. The highest BCUT2D eigenvalue weighted by Crippen LogP contribution is 2.45. The van der Waals surface area contributed by atoms with Crippen LogP contribution in [-0.4, -0.2) is 11.1 Å². The van der Waals surface area contributed by atoms with Crippen molar-refractivity contribution < 1.29 is 9.90 Å². The predicted molar refractivity (Wildman–Crippen MR) is 142 cm³/mol. The summed E-state index contributed by atoms with van der Waals surface area (Å²) in [7, 11) is 0. The van der Waals surface area contributed by atoms with Crippen molar-refractivity contribution in [2.75, 3.05) is 0 Å². The molecule has 166 valence electrons. The zero-order chi connectivity index (χ0) is 23.9. The lowest BCUT2D eigenvalue weighted by Crippen LogP contribution is -2.12. The van der Waals surface area contributed by atoms with E-state index in [4.69, 9.17) is 0 Å². The second-order valence-electron chi connectivity index (χ2n) is 11.3. The molecule has 5 aromatic rings. The Bertz CT molecular complexity index is 1540. The van der Waals surface area contributed by atoms with Gasteiger partial charge in [0.05, 0.1) is 5.57 Å². The molecule has 0 atom stereocenters. The van der Waals surface area contributed by atoms with E-state index in [0.717, 1.165) is 21.5 Å². The minimum absolute atomic E-state index is 0.0101. The number of carboxylic acid groups (broad SMARTS) is 1. The Balaban J connectivity index is 2.08. The van der Waals surface area contributed by atoms with Crippen LogP contribution in [0.25, 0.3) is 48.7 Å². The first kappa shape index (κ1) is 21.5. The van der Waals surface area contributed by atoms with Crippen molar-refractivity contribution in [2.45, 2.75) is 52.4 Å². The Morgan fingerprint density at radius 1 is 0.697 bits per heavy atom. The van der Waals surface area contributed by atoms with Crippen LogP contribution in [0.3, 0.4) is 0 Å². The lowest BCUT2D eigenvalue weighted by molar-refractivity contribution is -0.130. The Kier molecular flexibility index (Phi) is 4.42. The van der Waals surface area contributed by atoms with E-state index in [1.165, 1.54) is 32.7 Å². The van der Waals surface area contributed by atoms with Crippen molar-refractivity contribution in [1.29, 1.82) is 0 Å². The maximum absolute atomic E-state index is 11.8. The molecule has 0 aliphatic heterocycles. The fourth-order valence-electron chi connectivity index (χ4n) is 5.04. The summed E-state index contributed by atoms with van der Waals surface area (Å²) in [5.74, 6) is -0.987. The average Bonchev–Trinajstić information content (AvgIpc) is 2.74. The monoisotopic (exact) mass is 434 g/mol. The largest absolute Gasteiger partial charge is 0.478 e. The third kappa shape index (κ3) is 3.20. The van der Waals surface area contributed by atoms with E-state index in [1.54, 1.807) is 0 Å². The minimum Gasteiger partial charge on any atom is -0.478 e. The summed E-state index contributed by atoms with van der Waals surface area (Å²) in [5, 5.41) is 19.0. The van der Waals surface area contributed by atoms with Crippen LogP contribution in [0.4, 0.5) is 0 Å². The fraction of sp³-hybridized carbons (Fsp3) is 0.258. The van der Waals surface area contributed by atoms with E-state index < -0.39 is 5.97 Å². The zero-order valence-corrected chi connectivity index (χ0v) is 20.3. The van der Waals surface area contributed by atoms with Gasteiger partial charge in [-0.15, -0.1) is 0 Å². The molecular formula is C31H30O2. The minimum atomic E-state index is -0.987. The van der Waals surface area contributed by atoms with Gasteiger partial charge in [-0.25, -0.2) is 4.79 Å². The van der Waals surface area contributed by atoms with Gasteiger partial charge in [-0.2, -0.15) is 0 Å². The van der Waals surface area contributed by atoms with Gasteiger partial charge in [0.1, 0.15) is 0 Å².